The Balaban J connectivity index is 1.12. The smallest absolute Gasteiger partial charge is 0.340 e. The number of carbonyl (C=O) groups excluding carboxylic acids is 2. The van der Waals surface area contributed by atoms with Gasteiger partial charge in [0.25, 0.3) is 0 Å². The number of phenols is 1. The van der Waals surface area contributed by atoms with Crippen molar-refractivity contribution in [1.82, 2.24) is 16.0 Å². The number of aliphatic hydroxyl groups is 1. The molecule has 7 atom stereocenters. The van der Waals surface area contributed by atoms with E-state index in [4.69, 9.17) is 9.47 Å². The summed E-state index contributed by atoms with van der Waals surface area (Å²) in [5.41, 5.74) is 7.70. The average Bonchev–Trinajstić information content (AvgIpc) is 4.00. The van der Waals surface area contributed by atoms with Gasteiger partial charge in [-0.15, -0.1) is 0 Å². The number of hydrogen-bond donors (Lipinski definition) is 5. The maximum absolute atomic E-state index is 15.0. The molecule has 11 rings (SSSR count). The maximum atomic E-state index is 15.0. The minimum Gasteiger partial charge on any atom is -0.508 e. The van der Waals surface area contributed by atoms with Gasteiger partial charge in [0.15, 0.2) is 0 Å². The molecule has 330 valence electrons. The van der Waals surface area contributed by atoms with Gasteiger partial charge in [0.05, 0.1) is 17.2 Å². The molecule has 63 heavy (non-hydrogen) atoms. The number of esters is 2. The summed E-state index contributed by atoms with van der Waals surface area (Å²) >= 11 is 0. The summed E-state index contributed by atoms with van der Waals surface area (Å²) in [7, 11) is 3.98. The molecule has 5 N–H and O–H groups in total. The molecule has 3 aromatic carbocycles. The lowest BCUT2D eigenvalue weighted by atomic mass is 9.44. The van der Waals surface area contributed by atoms with E-state index in [1.54, 1.807) is 6.07 Å². The van der Waals surface area contributed by atoms with Crippen LogP contribution in [0.2, 0.25) is 0 Å². The van der Waals surface area contributed by atoms with Crippen LogP contribution < -0.4 is 16.0 Å². The number of carbonyl (C=O) groups is 2. The average molecular weight is 850 g/mol. The number of fused-ring (bicyclic) bond motifs is 1. The number of ether oxygens (including phenoxy) is 2. The van der Waals surface area contributed by atoms with Crippen LogP contribution in [0.5, 0.6) is 5.75 Å². The Morgan fingerprint density at radius 1 is 0.889 bits per heavy atom. The SMILES string of the molecule is CNCc1cccc(-c2ccc(O)cc2C2=C3C(=O)OC(=C[C@H](CCO)Cc4ccccc4)[C@]34CC[C@@H]2[C@H]2CCC3=C(C(=O)OC3=CCC3([C@H]5CCN[C@H](NC)C5)CCCC3)[C@@H]24)c1. The lowest BCUT2D eigenvalue weighted by Crippen LogP contribution is -2.52. The van der Waals surface area contributed by atoms with Gasteiger partial charge < -0.3 is 35.6 Å². The van der Waals surface area contributed by atoms with Gasteiger partial charge in [0.2, 0.25) is 0 Å². The molecule has 2 bridgehead atoms. The predicted octanol–water partition coefficient (Wildman–Crippen LogP) is 8.88. The van der Waals surface area contributed by atoms with Crippen LogP contribution in [0.15, 0.2) is 113 Å². The van der Waals surface area contributed by atoms with Crippen molar-refractivity contribution < 1.29 is 29.3 Å². The Morgan fingerprint density at radius 2 is 1.71 bits per heavy atom. The zero-order valence-electron chi connectivity index (χ0n) is 36.9. The highest BCUT2D eigenvalue weighted by atomic mass is 16.5. The summed E-state index contributed by atoms with van der Waals surface area (Å²) in [6, 6.07) is 24.2. The Bertz CT molecular complexity index is 2390. The van der Waals surface area contributed by atoms with Gasteiger partial charge in [-0.2, -0.15) is 0 Å². The molecule has 2 saturated carbocycles. The van der Waals surface area contributed by atoms with Gasteiger partial charge in [-0.25, -0.2) is 9.59 Å². The molecule has 9 nitrogen and oxygen atoms in total. The van der Waals surface area contributed by atoms with Crippen molar-refractivity contribution in [1.29, 1.82) is 0 Å². The van der Waals surface area contributed by atoms with Crippen LogP contribution in [0, 0.1) is 40.4 Å². The standard InChI is InChI=1S/C54H63N3O6/c1-55-32-35-11-8-12-36(28-35)39-14-13-38(59)31-43(39)47-40-17-24-54(45(63-52(61)50(47)54)29-34(20-26-58)27-33-9-4-3-5-10-33)49-41(40)15-16-42-44(62-51(60)48(42)49)18-23-53(21-6-7-22-53)37-19-25-57-46(30-37)56-2/h3-5,8-14,18,28-29,31,34,37,40-41,46,49,55-59H,6-7,15-17,19-27,30,32H2,1-2H3/t34-,37+,40-,41-,46+,49-,54+/m1/s1. The maximum Gasteiger partial charge on any atom is 0.340 e. The van der Waals surface area contributed by atoms with Crippen LogP contribution in [0.1, 0.15) is 93.7 Å². The molecule has 3 aromatic rings. The lowest BCUT2D eigenvalue weighted by Gasteiger charge is -2.56. The minimum atomic E-state index is -0.910. The van der Waals surface area contributed by atoms with E-state index in [1.807, 2.05) is 44.4 Å². The van der Waals surface area contributed by atoms with E-state index in [9.17, 15) is 19.8 Å². The minimum absolute atomic E-state index is 0.00613. The largest absolute Gasteiger partial charge is 0.508 e. The fraction of sp³-hybridized carbons (Fsp3) is 0.481. The van der Waals surface area contributed by atoms with Crippen LogP contribution in [0.4, 0.5) is 0 Å². The fourth-order valence-electron chi connectivity index (χ4n) is 13.7. The van der Waals surface area contributed by atoms with Gasteiger partial charge >= 0.3 is 11.9 Å². The van der Waals surface area contributed by atoms with Gasteiger partial charge in [0.1, 0.15) is 17.3 Å². The Labute approximate surface area is 372 Å². The van der Waals surface area contributed by atoms with Crippen LogP contribution in [0.3, 0.4) is 0 Å². The van der Waals surface area contributed by atoms with Crippen molar-refractivity contribution >= 4 is 17.5 Å². The molecule has 8 aliphatic rings. The molecule has 3 heterocycles. The summed E-state index contributed by atoms with van der Waals surface area (Å²) in [5.74, 6) is 1.03. The third-order valence-corrected chi connectivity index (χ3v) is 16.4. The molecular weight excluding hydrogens is 787 g/mol. The molecule has 9 heteroatoms. The molecule has 3 aliphatic heterocycles. The summed E-state index contributed by atoms with van der Waals surface area (Å²) in [5, 5.41) is 32.0. The van der Waals surface area contributed by atoms with E-state index in [2.05, 4.69) is 64.5 Å². The lowest BCUT2D eigenvalue weighted by molar-refractivity contribution is -0.135. The van der Waals surface area contributed by atoms with E-state index in [0.717, 1.165) is 95.4 Å². The number of allylic oxidation sites excluding steroid dienone is 5. The van der Waals surface area contributed by atoms with E-state index < -0.39 is 5.41 Å². The Hall–Kier alpha value is -4.80. The molecule has 0 radical (unpaired) electrons. The highest BCUT2D eigenvalue weighted by molar-refractivity contribution is 6.07. The molecular formula is C54H63N3O6. The van der Waals surface area contributed by atoms with Crippen LogP contribution in [0.25, 0.3) is 16.7 Å². The van der Waals surface area contributed by atoms with Crippen molar-refractivity contribution in [3.63, 3.8) is 0 Å². The summed E-state index contributed by atoms with van der Waals surface area (Å²) in [6.45, 7) is 1.72. The molecule has 0 aromatic heterocycles. The quantitative estimate of drug-likeness (QED) is 0.107. The van der Waals surface area contributed by atoms with Crippen molar-refractivity contribution in [3.8, 4) is 16.9 Å². The molecule has 1 spiro atoms. The first kappa shape index (κ1) is 42.2. The Morgan fingerprint density at radius 3 is 2.51 bits per heavy atom. The van der Waals surface area contributed by atoms with E-state index in [0.29, 0.717) is 49.2 Å². The van der Waals surface area contributed by atoms with Crippen LogP contribution >= 0.6 is 0 Å². The van der Waals surface area contributed by atoms with Crippen molar-refractivity contribution in [3.05, 3.63) is 130 Å². The first-order valence-corrected chi connectivity index (χ1v) is 23.7. The molecule has 0 unspecified atom stereocenters. The van der Waals surface area contributed by atoms with E-state index in [-0.39, 0.29) is 53.4 Å². The first-order chi connectivity index (χ1) is 30.8. The Kier molecular flexibility index (Phi) is 11.6. The number of rotatable bonds is 13. The number of nitrogens with one attached hydrogen (secondary N) is 3. The van der Waals surface area contributed by atoms with Crippen LogP contribution in [-0.2, 0) is 32.0 Å². The topological polar surface area (TPSA) is 129 Å². The predicted molar refractivity (Wildman–Crippen MR) is 244 cm³/mol. The summed E-state index contributed by atoms with van der Waals surface area (Å²) < 4.78 is 13.0. The second kappa shape index (κ2) is 17.3. The second-order valence-electron chi connectivity index (χ2n) is 19.6. The van der Waals surface area contributed by atoms with Gasteiger partial charge in [-0.05, 0) is 184 Å². The number of aliphatic hydroxyl groups excluding tert-OH is 1. The molecule has 4 fully saturated rings. The zero-order valence-corrected chi connectivity index (χ0v) is 36.9. The summed E-state index contributed by atoms with van der Waals surface area (Å²) in [6.07, 6.45) is 17.0. The van der Waals surface area contributed by atoms with Gasteiger partial charge in [-0.3, -0.25) is 0 Å². The van der Waals surface area contributed by atoms with Gasteiger partial charge in [0, 0.05) is 30.2 Å². The number of aromatic hydroxyl groups is 1. The monoisotopic (exact) mass is 849 g/mol. The van der Waals surface area contributed by atoms with Crippen molar-refractivity contribution in [2.45, 2.75) is 96.2 Å². The van der Waals surface area contributed by atoms with E-state index >= 15 is 0 Å². The molecule has 0 amide bonds. The normalized spacial score (nSPS) is 30.1. The number of phenolic OH excluding ortho intramolecular Hbond substituents is 1. The first-order valence-electron chi connectivity index (χ1n) is 23.7. The molecule has 5 aliphatic carbocycles. The number of hydrogen-bond acceptors (Lipinski definition) is 9. The van der Waals surface area contributed by atoms with Crippen molar-refractivity contribution in [2.75, 3.05) is 27.2 Å². The highest BCUT2D eigenvalue weighted by Crippen LogP contribution is 2.72. The number of cyclic esters (lactones) is 2. The highest BCUT2D eigenvalue weighted by Gasteiger charge is 2.68. The van der Waals surface area contributed by atoms with Crippen molar-refractivity contribution in [2.24, 2.45) is 40.4 Å². The third kappa shape index (κ3) is 7.33. The second-order valence-corrected chi connectivity index (χ2v) is 19.6. The molecule has 2 saturated heterocycles. The van der Waals surface area contributed by atoms with Crippen LogP contribution in [-0.4, -0.2) is 55.6 Å². The third-order valence-electron chi connectivity index (χ3n) is 16.4. The number of piperidine rings is 1. The zero-order chi connectivity index (χ0) is 43.3. The fourth-order valence-corrected chi connectivity index (χ4v) is 13.7. The number of benzene rings is 3. The summed E-state index contributed by atoms with van der Waals surface area (Å²) in [4.78, 5) is 29.7. The van der Waals surface area contributed by atoms with E-state index in [1.165, 1.54) is 25.7 Å². The van der Waals surface area contributed by atoms with Gasteiger partial charge in [-0.1, -0.05) is 67.4 Å².